The van der Waals surface area contributed by atoms with Crippen LogP contribution in [0.15, 0.2) is 23.2 Å². The van der Waals surface area contributed by atoms with E-state index in [4.69, 9.17) is 0 Å². The van der Waals surface area contributed by atoms with Crippen LogP contribution in [0.4, 0.5) is 5.82 Å². The van der Waals surface area contributed by atoms with E-state index >= 15 is 0 Å². The Morgan fingerprint density at radius 3 is 2.67 bits per heavy atom. The molecule has 1 aromatic heterocycles. The Balaban J connectivity index is 2.69. The van der Waals surface area contributed by atoms with Crippen LogP contribution < -0.4 is 5.32 Å². The molecule has 18 heavy (non-hydrogen) atoms. The lowest BCUT2D eigenvalue weighted by atomic mass is 10.0. The van der Waals surface area contributed by atoms with Gasteiger partial charge in [0.05, 0.1) is 6.10 Å². The molecule has 102 valence electrons. The second-order valence-electron chi connectivity index (χ2n) is 4.65. The Morgan fingerprint density at radius 1 is 1.44 bits per heavy atom. The topological polar surface area (TPSA) is 79.3 Å². The van der Waals surface area contributed by atoms with Crippen molar-refractivity contribution in [3.8, 4) is 0 Å². The van der Waals surface area contributed by atoms with Crippen LogP contribution in [-0.4, -0.2) is 37.4 Å². The summed E-state index contributed by atoms with van der Waals surface area (Å²) in [4.78, 5) is 4.20. The third-order valence-electron chi connectivity index (χ3n) is 2.67. The zero-order valence-electron chi connectivity index (χ0n) is 10.9. The average Bonchev–Trinajstić information content (AvgIpc) is 2.28. The van der Waals surface area contributed by atoms with E-state index in [1.54, 1.807) is 6.07 Å². The van der Waals surface area contributed by atoms with Crippen molar-refractivity contribution in [3.05, 3.63) is 18.3 Å². The number of anilines is 1. The van der Waals surface area contributed by atoms with Gasteiger partial charge in [0.15, 0.2) is 9.84 Å². The lowest BCUT2D eigenvalue weighted by Gasteiger charge is -2.15. The Bertz CT molecular complexity index is 486. The molecule has 0 bridgehead atoms. The zero-order valence-corrected chi connectivity index (χ0v) is 11.7. The number of hydrogen-bond donors (Lipinski definition) is 2. The summed E-state index contributed by atoms with van der Waals surface area (Å²) >= 11 is 0. The maximum Gasteiger partial charge on any atom is 0.179 e. The van der Waals surface area contributed by atoms with Gasteiger partial charge in [-0.15, -0.1) is 0 Å². The predicted molar refractivity (Wildman–Crippen MR) is 71.3 cm³/mol. The van der Waals surface area contributed by atoms with E-state index in [9.17, 15) is 13.5 Å². The Labute approximate surface area is 108 Å². The number of rotatable bonds is 6. The number of aromatic nitrogens is 1. The van der Waals surface area contributed by atoms with E-state index in [1.807, 2.05) is 13.8 Å². The van der Waals surface area contributed by atoms with Crippen LogP contribution in [-0.2, 0) is 9.84 Å². The van der Waals surface area contributed by atoms with Crippen LogP contribution in [0.1, 0.15) is 20.3 Å². The van der Waals surface area contributed by atoms with Crippen LogP contribution in [0.5, 0.6) is 0 Å². The molecule has 0 radical (unpaired) electrons. The van der Waals surface area contributed by atoms with Gasteiger partial charge in [-0.05, 0) is 24.5 Å². The molecule has 0 aromatic carbocycles. The van der Waals surface area contributed by atoms with Gasteiger partial charge in [0, 0.05) is 19.0 Å². The summed E-state index contributed by atoms with van der Waals surface area (Å²) in [6, 6.07) is 3.11. The summed E-state index contributed by atoms with van der Waals surface area (Å²) < 4.78 is 23.1. The van der Waals surface area contributed by atoms with Gasteiger partial charge in [-0.2, -0.15) is 0 Å². The van der Waals surface area contributed by atoms with Crippen LogP contribution >= 0.6 is 0 Å². The maximum atomic E-state index is 11.5. The number of aliphatic hydroxyl groups is 1. The number of sulfone groups is 1. The molecule has 0 fully saturated rings. The number of aliphatic hydroxyl groups excluding tert-OH is 1. The Morgan fingerprint density at radius 2 is 2.11 bits per heavy atom. The average molecular weight is 272 g/mol. The molecule has 5 nitrogen and oxygen atoms in total. The molecular formula is C12H20N2O3S. The Hall–Kier alpha value is -1.14. The van der Waals surface area contributed by atoms with Crippen molar-refractivity contribution in [1.82, 2.24) is 4.98 Å². The summed E-state index contributed by atoms with van der Waals surface area (Å²) in [5, 5.41) is 12.6. The van der Waals surface area contributed by atoms with Crippen molar-refractivity contribution in [1.29, 1.82) is 0 Å². The van der Waals surface area contributed by atoms with Gasteiger partial charge in [-0.3, -0.25) is 0 Å². The highest BCUT2D eigenvalue weighted by Crippen LogP contribution is 2.17. The second-order valence-corrected chi connectivity index (χ2v) is 6.63. The SMILES string of the molecule is CC(C)C(O)CCNc1ncccc1S(C)(=O)=O. The normalized spacial score (nSPS) is 13.6. The monoisotopic (exact) mass is 272 g/mol. The maximum absolute atomic E-state index is 11.5. The van der Waals surface area contributed by atoms with Crippen molar-refractivity contribution in [2.24, 2.45) is 5.92 Å². The summed E-state index contributed by atoms with van der Waals surface area (Å²) in [6.07, 6.45) is 2.84. The quantitative estimate of drug-likeness (QED) is 0.816. The first kappa shape index (κ1) is 14.9. The molecule has 0 saturated carbocycles. The first-order valence-corrected chi connectivity index (χ1v) is 7.78. The van der Waals surface area contributed by atoms with E-state index in [1.165, 1.54) is 12.3 Å². The molecule has 1 heterocycles. The molecule has 1 aromatic rings. The van der Waals surface area contributed by atoms with E-state index in [2.05, 4.69) is 10.3 Å². The van der Waals surface area contributed by atoms with Gasteiger partial charge in [0.25, 0.3) is 0 Å². The van der Waals surface area contributed by atoms with Crippen molar-refractivity contribution in [3.63, 3.8) is 0 Å². The van der Waals surface area contributed by atoms with Gasteiger partial charge in [-0.1, -0.05) is 13.8 Å². The van der Waals surface area contributed by atoms with Crippen LogP contribution in [0, 0.1) is 5.92 Å². The third kappa shape index (κ3) is 4.27. The van der Waals surface area contributed by atoms with Crippen molar-refractivity contribution < 1.29 is 13.5 Å². The highest BCUT2D eigenvalue weighted by Gasteiger charge is 2.14. The minimum absolute atomic E-state index is 0.184. The van der Waals surface area contributed by atoms with E-state index in [0.29, 0.717) is 18.8 Å². The lowest BCUT2D eigenvalue weighted by molar-refractivity contribution is 0.120. The number of nitrogens with one attached hydrogen (secondary N) is 1. The summed E-state index contributed by atoms with van der Waals surface area (Å²) in [7, 11) is -3.29. The molecule has 0 aliphatic carbocycles. The highest BCUT2D eigenvalue weighted by atomic mass is 32.2. The molecule has 0 spiro atoms. The number of nitrogens with zero attached hydrogens (tertiary/aromatic N) is 1. The van der Waals surface area contributed by atoms with Gasteiger partial charge in [-0.25, -0.2) is 13.4 Å². The molecule has 0 aliphatic heterocycles. The first-order chi connectivity index (χ1) is 8.32. The first-order valence-electron chi connectivity index (χ1n) is 5.89. The smallest absolute Gasteiger partial charge is 0.179 e. The Kier molecular flexibility index (Phi) is 5.10. The highest BCUT2D eigenvalue weighted by molar-refractivity contribution is 7.90. The van der Waals surface area contributed by atoms with Gasteiger partial charge < -0.3 is 10.4 Å². The molecule has 0 aliphatic rings. The molecule has 1 atom stereocenters. The predicted octanol–water partition coefficient (Wildman–Crippen LogP) is 1.30. The lowest BCUT2D eigenvalue weighted by Crippen LogP contribution is -2.19. The van der Waals surface area contributed by atoms with Crippen LogP contribution in [0.25, 0.3) is 0 Å². The largest absolute Gasteiger partial charge is 0.393 e. The third-order valence-corrected chi connectivity index (χ3v) is 3.80. The second kappa shape index (κ2) is 6.15. The van der Waals surface area contributed by atoms with Crippen molar-refractivity contribution in [2.45, 2.75) is 31.3 Å². The molecule has 0 amide bonds. The molecular weight excluding hydrogens is 252 g/mol. The molecule has 0 saturated heterocycles. The zero-order chi connectivity index (χ0) is 13.8. The standard InChI is InChI=1S/C12H20N2O3S/c1-9(2)10(15)6-8-14-12-11(18(3,16)17)5-4-7-13-12/h4-5,7,9-10,15H,6,8H2,1-3H3,(H,13,14). The van der Waals surface area contributed by atoms with E-state index in [-0.39, 0.29) is 10.8 Å². The fourth-order valence-electron chi connectivity index (χ4n) is 1.49. The number of pyridine rings is 1. The van der Waals surface area contributed by atoms with Crippen molar-refractivity contribution >= 4 is 15.7 Å². The number of hydrogen-bond acceptors (Lipinski definition) is 5. The van der Waals surface area contributed by atoms with E-state index in [0.717, 1.165) is 6.26 Å². The summed E-state index contributed by atoms with van der Waals surface area (Å²) in [5.74, 6) is 0.529. The molecule has 6 heteroatoms. The van der Waals surface area contributed by atoms with Gasteiger partial charge in [0.1, 0.15) is 10.7 Å². The molecule has 2 N–H and O–H groups in total. The minimum atomic E-state index is -3.29. The van der Waals surface area contributed by atoms with Gasteiger partial charge in [0.2, 0.25) is 0 Å². The summed E-state index contributed by atoms with van der Waals surface area (Å²) in [6.45, 7) is 4.36. The van der Waals surface area contributed by atoms with Crippen LogP contribution in [0.2, 0.25) is 0 Å². The van der Waals surface area contributed by atoms with E-state index < -0.39 is 15.9 Å². The van der Waals surface area contributed by atoms with Crippen LogP contribution in [0.3, 0.4) is 0 Å². The molecule has 1 rings (SSSR count). The fraction of sp³-hybridized carbons (Fsp3) is 0.583. The fourth-order valence-corrected chi connectivity index (χ4v) is 2.30. The molecule has 1 unspecified atom stereocenters. The van der Waals surface area contributed by atoms with Crippen molar-refractivity contribution in [2.75, 3.05) is 18.1 Å². The summed E-state index contributed by atoms with van der Waals surface area (Å²) in [5.41, 5.74) is 0. The van der Waals surface area contributed by atoms with Gasteiger partial charge >= 0.3 is 0 Å². The minimum Gasteiger partial charge on any atom is -0.393 e.